The fourth-order valence-corrected chi connectivity index (χ4v) is 3.83. The number of amides is 2. The summed E-state index contributed by atoms with van der Waals surface area (Å²) < 4.78 is 51.9. The Kier molecular flexibility index (Phi) is 4.89. The van der Waals surface area contributed by atoms with E-state index in [9.17, 15) is 22.4 Å². The van der Waals surface area contributed by atoms with Gasteiger partial charge in [-0.1, -0.05) is 18.2 Å². The number of urea groups is 1. The lowest BCUT2D eigenvalue weighted by atomic mass is 10.1. The molecule has 0 unspecified atom stereocenters. The van der Waals surface area contributed by atoms with Gasteiger partial charge in [-0.2, -0.15) is 13.2 Å². The van der Waals surface area contributed by atoms with Crippen LogP contribution < -0.4 is 5.32 Å². The van der Waals surface area contributed by atoms with Gasteiger partial charge in [-0.3, -0.25) is 0 Å². The Hall–Kier alpha value is -2.22. The number of anilines is 1. The average molecular weight is 370 g/mol. The number of thioether (sulfide) groups is 1. The average Bonchev–Trinajstić information content (AvgIpc) is 3.04. The molecule has 8 heteroatoms. The normalized spacial score (nSPS) is 17.6. The number of hydrogen-bond donors (Lipinski definition) is 1. The molecule has 1 aliphatic heterocycles. The van der Waals surface area contributed by atoms with Gasteiger partial charge in [-0.05, 0) is 35.9 Å². The van der Waals surface area contributed by atoms with Crippen LogP contribution in [0.2, 0.25) is 0 Å². The molecule has 1 saturated heterocycles. The molecule has 0 aliphatic carbocycles. The van der Waals surface area contributed by atoms with E-state index in [0.29, 0.717) is 23.5 Å². The second kappa shape index (κ2) is 6.95. The molecule has 3 rings (SSSR count). The highest BCUT2D eigenvalue weighted by Gasteiger charge is 2.34. The van der Waals surface area contributed by atoms with Crippen molar-refractivity contribution in [1.82, 2.24) is 4.90 Å². The standard InChI is InChI=1S/C17H14F4N2OS/c18-13-5-2-6-14(10-13)22-16(24)23-7-8-25-15(23)11-3-1-4-12(9-11)17(19,20)21/h1-6,9-10,15H,7-8H2,(H,22,24)/t15-/m1/s1. The predicted octanol–water partition coefficient (Wildman–Crippen LogP) is 5.12. The topological polar surface area (TPSA) is 32.3 Å². The van der Waals surface area contributed by atoms with Crippen LogP contribution in [0, 0.1) is 5.82 Å². The van der Waals surface area contributed by atoms with E-state index in [1.54, 1.807) is 12.1 Å². The Morgan fingerprint density at radius 2 is 1.92 bits per heavy atom. The minimum Gasteiger partial charge on any atom is -0.308 e. The molecular formula is C17H14F4N2OS. The first-order chi connectivity index (χ1) is 11.8. The summed E-state index contributed by atoms with van der Waals surface area (Å²) in [6, 6.07) is 9.94. The molecule has 0 radical (unpaired) electrons. The van der Waals surface area contributed by atoms with Gasteiger partial charge in [-0.15, -0.1) is 11.8 Å². The lowest BCUT2D eigenvalue weighted by Crippen LogP contribution is -2.34. The Morgan fingerprint density at radius 3 is 2.64 bits per heavy atom. The van der Waals surface area contributed by atoms with Crippen LogP contribution >= 0.6 is 11.8 Å². The molecule has 2 amide bonds. The van der Waals surface area contributed by atoms with Gasteiger partial charge in [0.15, 0.2) is 0 Å². The van der Waals surface area contributed by atoms with Crippen LogP contribution in [-0.4, -0.2) is 23.2 Å². The highest BCUT2D eigenvalue weighted by Crippen LogP contribution is 2.40. The van der Waals surface area contributed by atoms with Crippen molar-refractivity contribution in [2.45, 2.75) is 11.6 Å². The van der Waals surface area contributed by atoms with Crippen LogP contribution in [-0.2, 0) is 6.18 Å². The van der Waals surface area contributed by atoms with Crippen molar-refractivity contribution in [1.29, 1.82) is 0 Å². The van der Waals surface area contributed by atoms with Gasteiger partial charge in [0.05, 0.1) is 5.56 Å². The maximum absolute atomic E-state index is 13.2. The van der Waals surface area contributed by atoms with Crippen molar-refractivity contribution in [3.8, 4) is 0 Å². The largest absolute Gasteiger partial charge is 0.416 e. The highest BCUT2D eigenvalue weighted by atomic mass is 32.2. The first-order valence-corrected chi connectivity index (χ1v) is 8.51. The van der Waals surface area contributed by atoms with Gasteiger partial charge < -0.3 is 10.2 Å². The van der Waals surface area contributed by atoms with Crippen LogP contribution in [0.4, 0.5) is 28.0 Å². The Bertz CT molecular complexity index is 781. The quantitative estimate of drug-likeness (QED) is 0.744. The minimum absolute atomic E-state index is 0.296. The monoisotopic (exact) mass is 370 g/mol. The molecule has 0 aromatic heterocycles. The SMILES string of the molecule is O=C(Nc1cccc(F)c1)N1CCS[C@@H]1c1cccc(C(F)(F)F)c1. The lowest BCUT2D eigenvalue weighted by Gasteiger charge is -2.25. The summed E-state index contributed by atoms with van der Waals surface area (Å²) in [7, 11) is 0. The van der Waals surface area contributed by atoms with Gasteiger partial charge in [-0.25, -0.2) is 9.18 Å². The Balaban J connectivity index is 1.79. The third kappa shape index (κ3) is 4.07. The molecule has 3 nitrogen and oxygen atoms in total. The van der Waals surface area contributed by atoms with Gasteiger partial charge >= 0.3 is 12.2 Å². The van der Waals surface area contributed by atoms with Crippen molar-refractivity contribution in [2.24, 2.45) is 0 Å². The molecule has 1 N–H and O–H groups in total. The third-order valence-electron chi connectivity index (χ3n) is 3.73. The summed E-state index contributed by atoms with van der Waals surface area (Å²) in [5, 5.41) is 2.06. The third-order valence-corrected chi connectivity index (χ3v) is 4.99. The first kappa shape index (κ1) is 17.6. The Morgan fingerprint density at radius 1 is 1.16 bits per heavy atom. The van der Waals surface area contributed by atoms with Crippen LogP contribution in [0.15, 0.2) is 48.5 Å². The summed E-state index contributed by atoms with van der Waals surface area (Å²) in [6.45, 7) is 0.396. The van der Waals surface area contributed by atoms with Crippen LogP contribution in [0.1, 0.15) is 16.5 Å². The first-order valence-electron chi connectivity index (χ1n) is 7.46. The molecular weight excluding hydrogens is 356 g/mol. The molecule has 1 aliphatic rings. The smallest absolute Gasteiger partial charge is 0.308 e. The molecule has 0 bridgehead atoms. The van der Waals surface area contributed by atoms with Crippen LogP contribution in [0.3, 0.4) is 0 Å². The molecule has 1 atom stereocenters. The summed E-state index contributed by atoms with van der Waals surface area (Å²) >= 11 is 1.39. The van der Waals surface area contributed by atoms with Crippen molar-refractivity contribution < 1.29 is 22.4 Å². The number of benzene rings is 2. The summed E-state index contributed by atoms with van der Waals surface area (Å²) in [5.74, 6) is 0.125. The van der Waals surface area contributed by atoms with Crippen molar-refractivity contribution in [3.05, 3.63) is 65.5 Å². The number of nitrogens with one attached hydrogen (secondary N) is 1. The number of hydrogen-bond acceptors (Lipinski definition) is 2. The maximum atomic E-state index is 13.2. The highest BCUT2D eigenvalue weighted by molar-refractivity contribution is 7.99. The maximum Gasteiger partial charge on any atom is 0.416 e. The van der Waals surface area contributed by atoms with E-state index >= 15 is 0 Å². The van der Waals surface area contributed by atoms with E-state index in [1.165, 1.54) is 40.9 Å². The molecule has 25 heavy (non-hydrogen) atoms. The zero-order valence-corrected chi connectivity index (χ0v) is 13.7. The predicted molar refractivity (Wildman–Crippen MR) is 88.8 cm³/mol. The van der Waals surface area contributed by atoms with Crippen molar-refractivity contribution in [2.75, 3.05) is 17.6 Å². The molecule has 0 spiro atoms. The van der Waals surface area contributed by atoms with E-state index in [0.717, 1.165) is 12.1 Å². The summed E-state index contributed by atoms with van der Waals surface area (Å²) in [6.07, 6.45) is -4.44. The van der Waals surface area contributed by atoms with Gasteiger partial charge in [0, 0.05) is 18.0 Å². The molecule has 1 heterocycles. The number of nitrogens with zero attached hydrogens (tertiary/aromatic N) is 1. The second-order valence-corrected chi connectivity index (χ2v) is 6.67. The van der Waals surface area contributed by atoms with Gasteiger partial charge in [0.25, 0.3) is 0 Å². The van der Waals surface area contributed by atoms with Gasteiger partial charge in [0.1, 0.15) is 11.2 Å². The molecule has 132 valence electrons. The van der Waals surface area contributed by atoms with Crippen molar-refractivity contribution >= 4 is 23.5 Å². The molecule has 2 aromatic carbocycles. The number of alkyl halides is 3. The lowest BCUT2D eigenvalue weighted by molar-refractivity contribution is -0.137. The molecule has 0 saturated carbocycles. The van der Waals surface area contributed by atoms with Gasteiger partial charge in [0.2, 0.25) is 0 Å². The summed E-state index contributed by atoms with van der Waals surface area (Å²) in [4.78, 5) is 13.9. The number of rotatable bonds is 2. The molecule has 1 fully saturated rings. The van der Waals surface area contributed by atoms with Crippen molar-refractivity contribution in [3.63, 3.8) is 0 Å². The van der Waals surface area contributed by atoms with Crippen LogP contribution in [0.25, 0.3) is 0 Å². The number of carbonyl (C=O) groups excluding carboxylic acids is 1. The van der Waals surface area contributed by atoms with Crippen LogP contribution in [0.5, 0.6) is 0 Å². The number of halogens is 4. The molecule has 2 aromatic rings. The summed E-state index contributed by atoms with van der Waals surface area (Å²) in [5.41, 5.74) is -0.0422. The zero-order chi connectivity index (χ0) is 18.0. The zero-order valence-electron chi connectivity index (χ0n) is 12.9. The van der Waals surface area contributed by atoms with E-state index in [2.05, 4.69) is 5.32 Å². The fraction of sp³-hybridized carbons (Fsp3) is 0.235. The Labute approximate surface area is 146 Å². The van der Waals surface area contributed by atoms with E-state index in [1.807, 2.05) is 0 Å². The number of carbonyl (C=O) groups is 1. The van der Waals surface area contributed by atoms with E-state index in [4.69, 9.17) is 0 Å². The van der Waals surface area contributed by atoms with E-state index in [-0.39, 0.29) is 0 Å². The minimum atomic E-state index is -4.44. The fourth-order valence-electron chi connectivity index (χ4n) is 2.58. The van der Waals surface area contributed by atoms with E-state index < -0.39 is 29.0 Å². The second-order valence-electron chi connectivity index (χ2n) is 5.48.